The number of hydrogen-bond donors (Lipinski definition) is 2. The number of nitrogens with zero attached hydrogens (tertiary/aromatic N) is 2. The standard InChI is InChI=1S/C13H13ClN4O2S/c1-2-9-15-12-7-8-13(17-16-12)18-21(19,20)11-6-4-3-5-10(11)14/h2-8H,1,9H2,(H,15,16)(H,17,18). The number of sulfonamides is 1. The quantitative estimate of drug-likeness (QED) is 0.798. The summed E-state index contributed by atoms with van der Waals surface area (Å²) in [6.07, 6.45) is 1.68. The Balaban J connectivity index is 2.17. The second-order valence-electron chi connectivity index (χ2n) is 4.01. The fourth-order valence-corrected chi connectivity index (χ4v) is 3.03. The molecule has 1 aromatic heterocycles. The molecular weight excluding hydrogens is 312 g/mol. The van der Waals surface area contributed by atoms with Crippen LogP contribution >= 0.6 is 11.6 Å². The largest absolute Gasteiger partial charge is 0.365 e. The van der Waals surface area contributed by atoms with Gasteiger partial charge in [0.1, 0.15) is 10.7 Å². The molecule has 0 fully saturated rings. The van der Waals surface area contributed by atoms with Gasteiger partial charge in [0.05, 0.1) is 5.02 Å². The van der Waals surface area contributed by atoms with E-state index in [-0.39, 0.29) is 15.7 Å². The lowest BCUT2D eigenvalue weighted by Crippen LogP contribution is -2.15. The van der Waals surface area contributed by atoms with Crippen molar-refractivity contribution >= 4 is 33.3 Å². The highest BCUT2D eigenvalue weighted by atomic mass is 35.5. The van der Waals surface area contributed by atoms with Gasteiger partial charge in [0.2, 0.25) is 0 Å². The predicted octanol–water partition coefficient (Wildman–Crippen LogP) is 2.53. The van der Waals surface area contributed by atoms with Crippen molar-refractivity contribution in [2.24, 2.45) is 0 Å². The van der Waals surface area contributed by atoms with Gasteiger partial charge in [-0.25, -0.2) is 8.42 Å². The molecule has 110 valence electrons. The molecule has 2 rings (SSSR count). The smallest absolute Gasteiger partial charge is 0.264 e. The van der Waals surface area contributed by atoms with Crippen LogP contribution in [-0.4, -0.2) is 25.2 Å². The Bertz CT molecular complexity index is 732. The van der Waals surface area contributed by atoms with Crippen molar-refractivity contribution in [2.75, 3.05) is 16.6 Å². The number of hydrogen-bond acceptors (Lipinski definition) is 5. The summed E-state index contributed by atoms with van der Waals surface area (Å²) in [6, 6.07) is 9.28. The van der Waals surface area contributed by atoms with Gasteiger partial charge in [-0.05, 0) is 24.3 Å². The molecule has 0 amide bonds. The molecule has 1 aromatic carbocycles. The van der Waals surface area contributed by atoms with Crippen molar-refractivity contribution in [3.63, 3.8) is 0 Å². The van der Waals surface area contributed by atoms with E-state index in [1.165, 1.54) is 18.2 Å². The molecule has 2 N–H and O–H groups in total. The van der Waals surface area contributed by atoms with Crippen LogP contribution in [0, 0.1) is 0 Å². The van der Waals surface area contributed by atoms with Gasteiger partial charge in [0.25, 0.3) is 10.0 Å². The summed E-state index contributed by atoms with van der Waals surface area (Å²) < 4.78 is 26.7. The van der Waals surface area contributed by atoms with Crippen molar-refractivity contribution in [3.05, 3.63) is 54.1 Å². The first-order chi connectivity index (χ1) is 10.0. The van der Waals surface area contributed by atoms with Crippen LogP contribution in [-0.2, 0) is 10.0 Å². The Hall–Kier alpha value is -2.12. The number of anilines is 2. The molecule has 1 heterocycles. The van der Waals surface area contributed by atoms with Crippen molar-refractivity contribution < 1.29 is 8.42 Å². The van der Waals surface area contributed by atoms with E-state index in [1.54, 1.807) is 24.3 Å². The molecule has 0 unspecified atom stereocenters. The SMILES string of the molecule is C=CCNc1ccc(NS(=O)(=O)c2ccccc2Cl)nn1. The molecule has 0 spiro atoms. The molecule has 0 aliphatic heterocycles. The summed E-state index contributed by atoms with van der Waals surface area (Å²) in [4.78, 5) is -0.0117. The Kier molecular flexibility index (Phi) is 4.77. The van der Waals surface area contributed by atoms with Crippen LogP contribution in [0.4, 0.5) is 11.6 Å². The Morgan fingerprint density at radius 2 is 1.81 bits per heavy atom. The highest BCUT2D eigenvalue weighted by Gasteiger charge is 2.18. The van der Waals surface area contributed by atoms with Crippen molar-refractivity contribution in [2.45, 2.75) is 4.90 Å². The molecule has 0 saturated heterocycles. The van der Waals surface area contributed by atoms with Crippen LogP contribution in [0.15, 0.2) is 53.9 Å². The fraction of sp³-hybridized carbons (Fsp3) is 0.0769. The molecular formula is C13H13ClN4O2S. The lowest BCUT2D eigenvalue weighted by Gasteiger charge is -2.08. The van der Waals surface area contributed by atoms with E-state index >= 15 is 0 Å². The summed E-state index contributed by atoms with van der Waals surface area (Å²) >= 11 is 5.88. The summed E-state index contributed by atoms with van der Waals surface area (Å²) in [5, 5.41) is 10.7. The van der Waals surface area contributed by atoms with Gasteiger partial charge in [-0.3, -0.25) is 4.72 Å². The van der Waals surface area contributed by atoms with Crippen LogP contribution in [0.3, 0.4) is 0 Å². The maximum Gasteiger partial charge on any atom is 0.264 e. The van der Waals surface area contributed by atoms with E-state index in [9.17, 15) is 8.42 Å². The third-order valence-electron chi connectivity index (χ3n) is 2.46. The van der Waals surface area contributed by atoms with Gasteiger partial charge in [0.15, 0.2) is 5.82 Å². The monoisotopic (exact) mass is 324 g/mol. The molecule has 0 radical (unpaired) electrons. The molecule has 2 aromatic rings. The number of rotatable bonds is 6. The van der Waals surface area contributed by atoms with E-state index in [4.69, 9.17) is 11.6 Å². The van der Waals surface area contributed by atoms with Crippen molar-refractivity contribution in [1.82, 2.24) is 10.2 Å². The molecule has 0 atom stereocenters. The topological polar surface area (TPSA) is 84.0 Å². The van der Waals surface area contributed by atoms with Gasteiger partial charge in [-0.1, -0.05) is 29.8 Å². The highest BCUT2D eigenvalue weighted by molar-refractivity contribution is 7.92. The minimum atomic E-state index is -3.79. The molecule has 0 aliphatic rings. The first kappa shape index (κ1) is 15.3. The first-order valence-corrected chi connectivity index (χ1v) is 7.85. The average molecular weight is 325 g/mol. The Labute approximate surface area is 127 Å². The van der Waals surface area contributed by atoms with Gasteiger partial charge < -0.3 is 5.32 Å². The zero-order chi connectivity index (χ0) is 15.3. The minimum Gasteiger partial charge on any atom is -0.365 e. The van der Waals surface area contributed by atoms with Gasteiger partial charge in [-0.2, -0.15) is 0 Å². The van der Waals surface area contributed by atoms with E-state index in [2.05, 4.69) is 26.8 Å². The Morgan fingerprint density at radius 3 is 2.43 bits per heavy atom. The summed E-state index contributed by atoms with van der Waals surface area (Å²) in [7, 11) is -3.79. The van der Waals surface area contributed by atoms with Crippen LogP contribution in [0.2, 0.25) is 5.02 Å². The lowest BCUT2D eigenvalue weighted by molar-refractivity contribution is 0.601. The summed E-state index contributed by atoms with van der Waals surface area (Å²) in [6.45, 7) is 4.11. The van der Waals surface area contributed by atoms with Gasteiger partial charge in [-0.15, -0.1) is 16.8 Å². The summed E-state index contributed by atoms with van der Waals surface area (Å²) in [5.41, 5.74) is 0. The van der Waals surface area contributed by atoms with Crippen LogP contribution in [0.25, 0.3) is 0 Å². The number of halogens is 1. The molecule has 21 heavy (non-hydrogen) atoms. The lowest BCUT2D eigenvalue weighted by atomic mass is 10.4. The second-order valence-corrected chi connectivity index (χ2v) is 6.07. The van der Waals surface area contributed by atoms with Gasteiger partial charge in [0, 0.05) is 6.54 Å². The van der Waals surface area contributed by atoms with E-state index in [1.807, 2.05) is 0 Å². The maximum atomic E-state index is 12.2. The van der Waals surface area contributed by atoms with Crippen LogP contribution in [0.1, 0.15) is 0 Å². The number of benzene rings is 1. The summed E-state index contributed by atoms with van der Waals surface area (Å²) in [5.74, 6) is 0.634. The maximum absolute atomic E-state index is 12.2. The molecule has 0 saturated carbocycles. The molecule has 6 nitrogen and oxygen atoms in total. The third-order valence-corrected chi connectivity index (χ3v) is 4.31. The molecule has 0 bridgehead atoms. The second kappa shape index (κ2) is 6.55. The predicted molar refractivity (Wildman–Crippen MR) is 83.0 cm³/mol. The van der Waals surface area contributed by atoms with E-state index < -0.39 is 10.0 Å². The normalized spacial score (nSPS) is 10.9. The Morgan fingerprint density at radius 1 is 1.14 bits per heavy atom. The zero-order valence-electron chi connectivity index (χ0n) is 11.0. The van der Waals surface area contributed by atoms with Crippen LogP contribution < -0.4 is 10.0 Å². The first-order valence-electron chi connectivity index (χ1n) is 5.99. The van der Waals surface area contributed by atoms with Crippen LogP contribution in [0.5, 0.6) is 0 Å². The third kappa shape index (κ3) is 3.93. The van der Waals surface area contributed by atoms with E-state index in [0.717, 1.165) is 0 Å². The number of nitrogens with one attached hydrogen (secondary N) is 2. The number of aromatic nitrogens is 2. The fourth-order valence-electron chi connectivity index (χ4n) is 1.51. The van der Waals surface area contributed by atoms with Crippen molar-refractivity contribution in [1.29, 1.82) is 0 Å². The van der Waals surface area contributed by atoms with E-state index in [0.29, 0.717) is 12.4 Å². The molecule has 8 heteroatoms. The van der Waals surface area contributed by atoms with Gasteiger partial charge >= 0.3 is 0 Å². The molecule has 0 aliphatic carbocycles. The van der Waals surface area contributed by atoms with Crippen molar-refractivity contribution in [3.8, 4) is 0 Å². The zero-order valence-corrected chi connectivity index (χ0v) is 12.5. The minimum absolute atomic E-state index is 0.0117. The highest BCUT2D eigenvalue weighted by Crippen LogP contribution is 2.22. The average Bonchev–Trinajstić information content (AvgIpc) is 2.46.